The van der Waals surface area contributed by atoms with Crippen molar-refractivity contribution in [2.45, 2.75) is 13.7 Å². The van der Waals surface area contributed by atoms with Gasteiger partial charge < -0.3 is 4.90 Å². The molecule has 0 bridgehead atoms. The standard InChI is InChI=1S/C3H8BN/c1-3-5-4-2/h3-4H,1-2H3/b5-3+. The lowest BCUT2D eigenvalue weighted by Crippen LogP contribution is -1.68. The Bertz CT molecular complexity index is 33.9. The number of hydrogen-bond donors (Lipinski definition) is 0. The molecule has 0 spiro atoms. The molecule has 0 atom stereocenters. The van der Waals surface area contributed by atoms with E-state index in [4.69, 9.17) is 0 Å². The third-order valence-electron chi connectivity index (χ3n) is 0.365. The third-order valence-corrected chi connectivity index (χ3v) is 0.365. The highest BCUT2D eigenvalue weighted by Gasteiger charge is 1.57. The van der Waals surface area contributed by atoms with Gasteiger partial charge in [-0.25, -0.2) is 0 Å². The summed E-state index contributed by atoms with van der Waals surface area (Å²) in [4.78, 5) is 3.85. The van der Waals surface area contributed by atoms with E-state index in [0.29, 0.717) is 0 Å². The van der Waals surface area contributed by atoms with Crippen molar-refractivity contribution in [2.75, 3.05) is 0 Å². The quantitative estimate of drug-likeness (QED) is 0.313. The van der Waals surface area contributed by atoms with Gasteiger partial charge in [-0.1, -0.05) is 6.82 Å². The molecule has 2 heteroatoms. The van der Waals surface area contributed by atoms with Crippen molar-refractivity contribution in [3.63, 3.8) is 0 Å². The van der Waals surface area contributed by atoms with Gasteiger partial charge in [0.1, 0.15) is 0 Å². The Morgan fingerprint density at radius 1 is 1.80 bits per heavy atom. The molecule has 0 heterocycles. The Kier molecular flexibility index (Phi) is 3.54. The molecule has 0 saturated heterocycles. The highest BCUT2D eigenvalue weighted by molar-refractivity contribution is 6.32. The average Bonchev–Trinajstić information content (AvgIpc) is 1.41. The van der Waals surface area contributed by atoms with E-state index in [9.17, 15) is 0 Å². The van der Waals surface area contributed by atoms with Crippen LogP contribution in [0.2, 0.25) is 6.82 Å². The maximum Gasteiger partial charge on any atom is 0.258 e. The van der Waals surface area contributed by atoms with Gasteiger partial charge in [0.15, 0.2) is 0 Å². The summed E-state index contributed by atoms with van der Waals surface area (Å²) in [7, 11) is 0.913. The highest BCUT2D eigenvalue weighted by Crippen LogP contribution is 1.53. The Morgan fingerprint density at radius 3 is 2.40 bits per heavy atom. The lowest BCUT2D eigenvalue weighted by Gasteiger charge is -1.64. The van der Waals surface area contributed by atoms with Crippen LogP contribution in [-0.2, 0) is 0 Å². The Hall–Kier alpha value is -0.265. The average molecular weight is 68.9 g/mol. The first-order chi connectivity index (χ1) is 2.41. The van der Waals surface area contributed by atoms with Crippen molar-refractivity contribution in [3.8, 4) is 0 Å². The van der Waals surface area contributed by atoms with Crippen molar-refractivity contribution in [1.29, 1.82) is 0 Å². The minimum absolute atomic E-state index is 0.913. The van der Waals surface area contributed by atoms with Gasteiger partial charge in [-0.15, -0.1) is 0 Å². The maximum atomic E-state index is 3.85. The molecule has 0 aliphatic rings. The van der Waals surface area contributed by atoms with Crippen LogP contribution in [0.15, 0.2) is 4.90 Å². The molecular formula is C3H8BN. The van der Waals surface area contributed by atoms with Crippen molar-refractivity contribution in [3.05, 3.63) is 0 Å². The molecule has 0 aliphatic carbocycles. The predicted octanol–water partition coefficient (Wildman–Crippen LogP) is 0.477. The van der Waals surface area contributed by atoms with Crippen molar-refractivity contribution in [1.82, 2.24) is 0 Å². The van der Waals surface area contributed by atoms with E-state index in [1.54, 1.807) is 6.21 Å². The molecule has 0 aromatic heterocycles. The summed E-state index contributed by atoms with van der Waals surface area (Å²) >= 11 is 0. The van der Waals surface area contributed by atoms with Gasteiger partial charge in [0.2, 0.25) is 0 Å². The zero-order valence-corrected chi connectivity index (χ0v) is 3.73. The van der Waals surface area contributed by atoms with Crippen LogP contribution in [-0.4, -0.2) is 13.6 Å². The zero-order chi connectivity index (χ0) is 4.12. The molecule has 0 rings (SSSR count). The van der Waals surface area contributed by atoms with E-state index in [2.05, 4.69) is 4.90 Å². The number of nitrogens with zero attached hydrogens (tertiary/aromatic N) is 1. The monoisotopic (exact) mass is 69.1 g/mol. The van der Waals surface area contributed by atoms with Crippen LogP contribution in [0.3, 0.4) is 0 Å². The highest BCUT2D eigenvalue weighted by atomic mass is 14.5. The molecule has 0 unspecified atom stereocenters. The van der Waals surface area contributed by atoms with Crippen LogP contribution in [0.5, 0.6) is 0 Å². The molecule has 5 heavy (non-hydrogen) atoms. The summed E-state index contributed by atoms with van der Waals surface area (Å²) < 4.78 is 0. The molecule has 0 aromatic rings. The van der Waals surface area contributed by atoms with E-state index in [-0.39, 0.29) is 0 Å². The van der Waals surface area contributed by atoms with Gasteiger partial charge >= 0.3 is 0 Å². The summed E-state index contributed by atoms with van der Waals surface area (Å²) in [6.45, 7) is 3.93. The van der Waals surface area contributed by atoms with E-state index in [1.807, 2.05) is 13.7 Å². The predicted molar refractivity (Wildman–Crippen MR) is 27.2 cm³/mol. The van der Waals surface area contributed by atoms with Crippen LogP contribution >= 0.6 is 0 Å². The van der Waals surface area contributed by atoms with Gasteiger partial charge in [0, 0.05) is 0 Å². The third kappa shape index (κ3) is 3.73. The van der Waals surface area contributed by atoms with Crippen LogP contribution in [0.25, 0.3) is 0 Å². The molecule has 0 radical (unpaired) electrons. The summed E-state index contributed by atoms with van der Waals surface area (Å²) in [6.07, 6.45) is 1.81. The zero-order valence-electron chi connectivity index (χ0n) is 3.73. The second-order valence-corrected chi connectivity index (χ2v) is 0.757. The SMILES string of the molecule is CB/N=C/C. The summed E-state index contributed by atoms with van der Waals surface area (Å²) in [5.41, 5.74) is 0. The van der Waals surface area contributed by atoms with Gasteiger partial charge in [-0.3, -0.25) is 0 Å². The maximum absolute atomic E-state index is 3.85. The van der Waals surface area contributed by atoms with Gasteiger partial charge in [-0.05, 0) is 13.1 Å². The molecule has 0 N–H and O–H groups in total. The first-order valence-corrected chi connectivity index (χ1v) is 1.86. The van der Waals surface area contributed by atoms with Crippen LogP contribution in [0, 0.1) is 0 Å². The number of rotatable bonds is 1. The first-order valence-electron chi connectivity index (χ1n) is 1.86. The molecule has 0 saturated carbocycles. The number of hydrogen-bond acceptors (Lipinski definition) is 1. The lowest BCUT2D eigenvalue weighted by molar-refractivity contribution is 1.80. The fraction of sp³-hybridized carbons (Fsp3) is 0.667. The minimum atomic E-state index is 0.913. The summed E-state index contributed by atoms with van der Waals surface area (Å²) in [5, 5.41) is 0. The Balaban J connectivity index is 2.62. The van der Waals surface area contributed by atoms with Crippen molar-refractivity contribution < 1.29 is 0 Å². The normalized spacial score (nSPS) is 9.20. The van der Waals surface area contributed by atoms with Gasteiger partial charge in [-0.2, -0.15) is 0 Å². The Morgan fingerprint density at radius 2 is 2.40 bits per heavy atom. The summed E-state index contributed by atoms with van der Waals surface area (Å²) in [6, 6.07) is 0. The topological polar surface area (TPSA) is 12.4 Å². The first kappa shape index (κ1) is 4.73. The second kappa shape index (κ2) is 3.73. The van der Waals surface area contributed by atoms with Crippen LogP contribution in [0.4, 0.5) is 0 Å². The Labute approximate surface area is 33.4 Å². The molecule has 0 amide bonds. The molecule has 1 nitrogen and oxygen atoms in total. The van der Waals surface area contributed by atoms with Crippen molar-refractivity contribution in [2.24, 2.45) is 4.90 Å². The van der Waals surface area contributed by atoms with Crippen LogP contribution < -0.4 is 0 Å². The second-order valence-electron chi connectivity index (χ2n) is 0.757. The van der Waals surface area contributed by atoms with E-state index >= 15 is 0 Å². The van der Waals surface area contributed by atoms with Gasteiger partial charge in [0.05, 0.1) is 0 Å². The molecule has 0 fully saturated rings. The molecule has 0 aromatic carbocycles. The molecule has 28 valence electrons. The fourth-order valence-corrected chi connectivity index (χ4v) is 0.183. The largest absolute Gasteiger partial charge is 0.358 e. The van der Waals surface area contributed by atoms with E-state index in [1.165, 1.54) is 0 Å². The summed E-state index contributed by atoms with van der Waals surface area (Å²) in [5.74, 6) is 0. The molecule has 0 aliphatic heterocycles. The fourth-order valence-electron chi connectivity index (χ4n) is 0.183. The van der Waals surface area contributed by atoms with Crippen LogP contribution in [0.1, 0.15) is 6.92 Å². The minimum Gasteiger partial charge on any atom is -0.358 e. The van der Waals surface area contributed by atoms with E-state index < -0.39 is 0 Å². The van der Waals surface area contributed by atoms with Gasteiger partial charge in [0.25, 0.3) is 7.41 Å². The molecular weight excluding hydrogens is 60.9 g/mol. The lowest BCUT2D eigenvalue weighted by atomic mass is 10.0. The van der Waals surface area contributed by atoms with E-state index in [0.717, 1.165) is 7.41 Å². The smallest absolute Gasteiger partial charge is 0.258 e. The van der Waals surface area contributed by atoms with Crippen molar-refractivity contribution >= 4 is 13.6 Å².